The molecule has 0 saturated carbocycles. The number of halogens is 1. The molecule has 13 heavy (non-hydrogen) atoms. The third-order valence-corrected chi connectivity index (χ3v) is 3.05. The van der Waals surface area contributed by atoms with E-state index < -0.39 is 5.82 Å². The summed E-state index contributed by atoms with van der Waals surface area (Å²) in [5, 5.41) is 3.16. The van der Waals surface area contributed by atoms with Crippen molar-refractivity contribution in [1.82, 2.24) is 9.97 Å². The lowest BCUT2D eigenvalue weighted by Crippen LogP contribution is -2.19. The van der Waals surface area contributed by atoms with Gasteiger partial charge in [0.05, 0.1) is 12.4 Å². The predicted molar refractivity (Wildman–Crippen MR) is 51.3 cm³/mol. The fourth-order valence-electron chi connectivity index (χ4n) is 1.22. The Morgan fingerprint density at radius 1 is 1.46 bits per heavy atom. The van der Waals surface area contributed by atoms with E-state index in [4.69, 9.17) is 0 Å². The van der Waals surface area contributed by atoms with Gasteiger partial charge in [-0.05, 0) is 12.2 Å². The van der Waals surface area contributed by atoms with Gasteiger partial charge in [0.2, 0.25) is 5.95 Å². The van der Waals surface area contributed by atoms with Crippen molar-refractivity contribution in [1.29, 1.82) is 0 Å². The molecular formula is C8H10FN3S. The first kappa shape index (κ1) is 8.74. The SMILES string of the molecule is Fc1cnc(NC2CCSC2)nc1. The van der Waals surface area contributed by atoms with Crippen LogP contribution in [0.2, 0.25) is 0 Å². The van der Waals surface area contributed by atoms with Crippen LogP contribution in [0.1, 0.15) is 6.42 Å². The van der Waals surface area contributed by atoms with Gasteiger partial charge < -0.3 is 5.32 Å². The summed E-state index contributed by atoms with van der Waals surface area (Å²) in [4.78, 5) is 7.67. The molecule has 1 aliphatic rings. The summed E-state index contributed by atoms with van der Waals surface area (Å²) in [6.07, 6.45) is 3.49. The Morgan fingerprint density at radius 2 is 2.23 bits per heavy atom. The van der Waals surface area contributed by atoms with Crippen LogP contribution < -0.4 is 5.32 Å². The third kappa shape index (κ3) is 2.30. The molecule has 0 spiro atoms. The van der Waals surface area contributed by atoms with Gasteiger partial charge in [0.25, 0.3) is 0 Å². The first-order valence-electron chi connectivity index (χ1n) is 4.16. The lowest BCUT2D eigenvalue weighted by atomic mass is 10.3. The van der Waals surface area contributed by atoms with Crippen LogP contribution in [0.25, 0.3) is 0 Å². The van der Waals surface area contributed by atoms with Crippen molar-refractivity contribution >= 4 is 17.7 Å². The van der Waals surface area contributed by atoms with Gasteiger partial charge in [-0.3, -0.25) is 0 Å². The second kappa shape index (κ2) is 3.91. The molecule has 1 unspecified atom stereocenters. The number of nitrogens with one attached hydrogen (secondary N) is 1. The van der Waals surface area contributed by atoms with Crippen LogP contribution in [0.4, 0.5) is 10.3 Å². The van der Waals surface area contributed by atoms with Crippen molar-refractivity contribution in [2.75, 3.05) is 16.8 Å². The predicted octanol–water partition coefficient (Wildman–Crippen LogP) is 1.53. The molecular weight excluding hydrogens is 189 g/mol. The van der Waals surface area contributed by atoms with E-state index in [2.05, 4.69) is 15.3 Å². The molecule has 0 aromatic carbocycles. The summed E-state index contributed by atoms with van der Waals surface area (Å²) >= 11 is 1.91. The van der Waals surface area contributed by atoms with Crippen LogP contribution in [-0.2, 0) is 0 Å². The van der Waals surface area contributed by atoms with Gasteiger partial charge in [-0.25, -0.2) is 14.4 Å². The zero-order valence-corrected chi connectivity index (χ0v) is 7.85. The average molecular weight is 199 g/mol. The zero-order valence-electron chi connectivity index (χ0n) is 7.03. The van der Waals surface area contributed by atoms with Crippen molar-refractivity contribution in [3.8, 4) is 0 Å². The Bertz CT molecular complexity index is 271. The number of anilines is 1. The minimum Gasteiger partial charge on any atom is -0.351 e. The standard InChI is InChI=1S/C8H10FN3S/c9-6-3-10-8(11-4-6)12-7-1-2-13-5-7/h3-4,7H,1-2,5H2,(H,10,11,12). The molecule has 3 nitrogen and oxygen atoms in total. The van der Waals surface area contributed by atoms with E-state index >= 15 is 0 Å². The van der Waals surface area contributed by atoms with E-state index in [0.29, 0.717) is 12.0 Å². The molecule has 0 aliphatic carbocycles. The second-order valence-corrected chi connectivity index (χ2v) is 4.08. The van der Waals surface area contributed by atoms with Crippen molar-refractivity contribution < 1.29 is 4.39 Å². The molecule has 1 aromatic rings. The number of hydrogen-bond donors (Lipinski definition) is 1. The summed E-state index contributed by atoms with van der Waals surface area (Å²) in [6, 6.07) is 0.440. The molecule has 0 amide bonds. The van der Waals surface area contributed by atoms with Gasteiger partial charge in [-0.15, -0.1) is 0 Å². The smallest absolute Gasteiger partial charge is 0.223 e. The molecule has 1 aromatic heterocycles. The molecule has 1 aliphatic heterocycles. The highest BCUT2D eigenvalue weighted by atomic mass is 32.2. The molecule has 5 heteroatoms. The summed E-state index contributed by atoms with van der Waals surface area (Å²) in [5.41, 5.74) is 0. The highest BCUT2D eigenvalue weighted by Gasteiger charge is 2.15. The molecule has 1 fully saturated rings. The maximum atomic E-state index is 12.4. The highest BCUT2D eigenvalue weighted by molar-refractivity contribution is 7.99. The first-order chi connectivity index (χ1) is 6.34. The van der Waals surface area contributed by atoms with Gasteiger partial charge in [0.1, 0.15) is 0 Å². The summed E-state index contributed by atoms with van der Waals surface area (Å²) in [5.74, 6) is 2.39. The average Bonchev–Trinajstić information content (AvgIpc) is 2.62. The number of hydrogen-bond acceptors (Lipinski definition) is 4. The number of rotatable bonds is 2. The van der Waals surface area contributed by atoms with E-state index in [1.807, 2.05) is 11.8 Å². The van der Waals surface area contributed by atoms with Crippen LogP contribution in [-0.4, -0.2) is 27.5 Å². The van der Waals surface area contributed by atoms with Crippen molar-refractivity contribution in [3.05, 3.63) is 18.2 Å². The zero-order chi connectivity index (χ0) is 9.10. The van der Waals surface area contributed by atoms with Gasteiger partial charge in [0, 0.05) is 11.8 Å². The largest absolute Gasteiger partial charge is 0.351 e. The normalized spacial score (nSPS) is 21.8. The van der Waals surface area contributed by atoms with Gasteiger partial charge in [0.15, 0.2) is 5.82 Å². The minimum absolute atomic E-state index is 0.397. The Kier molecular flexibility index (Phi) is 2.63. The summed E-state index contributed by atoms with van der Waals surface area (Å²) < 4.78 is 12.4. The second-order valence-electron chi connectivity index (χ2n) is 2.93. The Morgan fingerprint density at radius 3 is 2.85 bits per heavy atom. The van der Waals surface area contributed by atoms with Gasteiger partial charge >= 0.3 is 0 Å². The topological polar surface area (TPSA) is 37.8 Å². The fourth-order valence-corrected chi connectivity index (χ4v) is 2.37. The number of thioether (sulfide) groups is 1. The van der Waals surface area contributed by atoms with Crippen LogP contribution >= 0.6 is 11.8 Å². The molecule has 0 bridgehead atoms. The fraction of sp³-hybridized carbons (Fsp3) is 0.500. The quantitative estimate of drug-likeness (QED) is 0.784. The minimum atomic E-state index is -0.397. The van der Waals surface area contributed by atoms with Crippen molar-refractivity contribution in [3.63, 3.8) is 0 Å². The van der Waals surface area contributed by atoms with E-state index in [9.17, 15) is 4.39 Å². The van der Waals surface area contributed by atoms with Crippen LogP contribution in [0.3, 0.4) is 0 Å². The highest BCUT2D eigenvalue weighted by Crippen LogP contribution is 2.19. The Balaban J connectivity index is 1.97. The molecule has 1 saturated heterocycles. The summed E-state index contributed by atoms with van der Waals surface area (Å²) in [7, 11) is 0. The van der Waals surface area contributed by atoms with Gasteiger partial charge in [-0.1, -0.05) is 0 Å². The Hall–Kier alpha value is -0.840. The van der Waals surface area contributed by atoms with Crippen LogP contribution in [0.5, 0.6) is 0 Å². The third-order valence-electron chi connectivity index (χ3n) is 1.88. The molecule has 1 atom stereocenters. The van der Waals surface area contributed by atoms with Crippen LogP contribution in [0, 0.1) is 5.82 Å². The number of nitrogens with zero attached hydrogens (tertiary/aromatic N) is 2. The molecule has 2 heterocycles. The first-order valence-corrected chi connectivity index (χ1v) is 5.32. The molecule has 1 N–H and O–H groups in total. The maximum Gasteiger partial charge on any atom is 0.223 e. The monoisotopic (exact) mass is 199 g/mol. The van der Waals surface area contributed by atoms with E-state index in [1.54, 1.807) is 0 Å². The van der Waals surface area contributed by atoms with Gasteiger partial charge in [-0.2, -0.15) is 11.8 Å². The molecule has 2 rings (SSSR count). The number of aromatic nitrogens is 2. The summed E-state index contributed by atoms with van der Waals surface area (Å²) in [6.45, 7) is 0. The lowest BCUT2D eigenvalue weighted by molar-refractivity contribution is 0.613. The van der Waals surface area contributed by atoms with Crippen LogP contribution in [0.15, 0.2) is 12.4 Å². The van der Waals surface area contributed by atoms with Crippen molar-refractivity contribution in [2.45, 2.75) is 12.5 Å². The maximum absolute atomic E-state index is 12.4. The molecule has 70 valence electrons. The Labute approximate surface area is 80.2 Å². The lowest BCUT2D eigenvalue weighted by Gasteiger charge is -2.09. The van der Waals surface area contributed by atoms with E-state index in [1.165, 1.54) is 18.1 Å². The van der Waals surface area contributed by atoms with Crippen molar-refractivity contribution in [2.24, 2.45) is 0 Å². The van der Waals surface area contributed by atoms with E-state index in [0.717, 1.165) is 12.2 Å². The van der Waals surface area contributed by atoms with E-state index in [-0.39, 0.29) is 0 Å². The molecule has 0 radical (unpaired) electrons.